The van der Waals surface area contributed by atoms with Crippen molar-refractivity contribution < 1.29 is 14.3 Å². The lowest BCUT2D eigenvalue weighted by Gasteiger charge is -2.36. The minimum atomic E-state index is -0.0322. The summed E-state index contributed by atoms with van der Waals surface area (Å²) >= 11 is 0. The minimum Gasteiger partial charge on any atom is -0.382 e. The van der Waals surface area contributed by atoms with Crippen molar-refractivity contribution in [2.45, 2.75) is 19.4 Å². The molecule has 0 N–H and O–H groups in total. The van der Waals surface area contributed by atoms with Gasteiger partial charge in [-0.25, -0.2) is 0 Å². The summed E-state index contributed by atoms with van der Waals surface area (Å²) < 4.78 is 10.1. The van der Waals surface area contributed by atoms with E-state index in [9.17, 15) is 4.79 Å². The number of nitrogens with zero attached hydrogens (tertiary/aromatic N) is 3. The van der Waals surface area contributed by atoms with E-state index in [-0.39, 0.29) is 18.6 Å². The molecular formula is C13H23N3O3. The smallest absolute Gasteiger partial charge is 0.248 e. The summed E-state index contributed by atoms with van der Waals surface area (Å²) in [5, 5.41) is 9.02. The van der Waals surface area contributed by atoms with E-state index in [0.29, 0.717) is 26.3 Å². The Morgan fingerprint density at radius 1 is 1.32 bits per heavy atom. The fraction of sp³-hybridized carbons (Fsp3) is 0.846. The second-order valence-corrected chi connectivity index (χ2v) is 4.52. The average molecular weight is 269 g/mol. The van der Waals surface area contributed by atoms with Crippen molar-refractivity contribution in [3.8, 4) is 6.07 Å². The Bertz CT molecular complexity index is 309. The Morgan fingerprint density at radius 3 is 2.53 bits per heavy atom. The zero-order valence-electron chi connectivity index (χ0n) is 11.8. The summed E-state index contributed by atoms with van der Waals surface area (Å²) in [5.41, 5.74) is 0. The van der Waals surface area contributed by atoms with Gasteiger partial charge in [-0.3, -0.25) is 9.69 Å². The van der Waals surface area contributed by atoms with Crippen molar-refractivity contribution in [2.75, 3.05) is 53.1 Å². The highest BCUT2D eigenvalue weighted by molar-refractivity contribution is 5.77. The van der Waals surface area contributed by atoms with Gasteiger partial charge in [0.05, 0.1) is 25.3 Å². The first kappa shape index (κ1) is 15.9. The SMILES string of the molecule is CCC(C#N)N1CCN(C(=O)COCCOC)CC1. The van der Waals surface area contributed by atoms with Crippen LogP contribution in [0, 0.1) is 11.3 Å². The van der Waals surface area contributed by atoms with Crippen molar-refractivity contribution in [3.05, 3.63) is 0 Å². The van der Waals surface area contributed by atoms with Gasteiger partial charge in [0, 0.05) is 33.3 Å². The average Bonchev–Trinajstić information content (AvgIpc) is 2.45. The largest absolute Gasteiger partial charge is 0.382 e. The van der Waals surface area contributed by atoms with Crippen LogP contribution in [0.3, 0.4) is 0 Å². The third-order valence-corrected chi connectivity index (χ3v) is 3.30. The molecule has 1 saturated heterocycles. The van der Waals surface area contributed by atoms with Crippen LogP contribution in [0.5, 0.6) is 0 Å². The number of hydrogen-bond donors (Lipinski definition) is 0. The Morgan fingerprint density at radius 2 is 2.00 bits per heavy atom. The summed E-state index contributed by atoms with van der Waals surface area (Å²) in [6.07, 6.45) is 0.824. The van der Waals surface area contributed by atoms with Gasteiger partial charge in [0.2, 0.25) is 5.91 Å². The lowest BCUT2D eigenvalue weighted by atomic mass is 10.2. The highest BCUT2D eigenvalue weighted by atomic mass is 16.5. The second-order valence-electron chi connectivity index (χ2n) is 4.52. The first-order valence-electron chi connectivity index (χ1n) is 6.71. The van der Waals surface area contributed by atoms with E-state index in [2.05, 4.69) is 11.0 Å². The highest BCUT2D eigenvalue weighted by Crippen LogP contribution is 2.08. The van der Waals surface area contributed by atoms with Crippen molar-refractivity contribution in [1.82, 2.24) is 9.80 Å². The van der Waals surface area contributed by atoms with Crippen LogP contribution in [-0.2, 0) is 14.3 Å². The molecule has 0 aromatic carbocycles. The molecule has 0 bridgehead atoms. The Kier molecular flexibility index (Phi) is 7.41. The van der Waals surface area contributed by atoms with Crippen LogP contribution in [-0.4, -0.2) is 74.9 Å². The molecule has 1 rings (SSSR count). The van der Waals surface area contributed by atoms with Crippen LogP contribution >= 0.6 is 0 Å². The Balaban J connectivity index is 2.25. The van der Waals surface area contributed by atoms with Crippen molar-refractivity contribution >= 4 is 5.91 Å². The number of rotatable bonds is 7. The van der Waals surface area contributed by atoms with Crippen LogP contribution in [0.2, 0.25) is 0 Å². The zero-order chi connectivity index (χ0) is 14.1. The summed E-state index contributed by atoms with van der Waals surface area (Å²) in [6.45, 7) is 5.92. The Hall–Kier alpha value is -1.16. The molecule has 108 valence electrons. The third kappa shape index (κ3) is 5.15. The number of piperazine rings is 1. The number of nitriles is 1. The summed E-state index contributed by atoms with van der Waals surface area (Å²) in [7, 11) is 1.60. The lowest BCUT2D eigenvalue weighted by Crippen LogP contribution is -2.52. The van der Waals surface area contributed by atoms with E-state index in [1.54, 1.807) is 12.0 Å². The maximum absolute atomic E-state index is 11.9. The fourth-order valence-electron chi connectivity index (χ4n) is 2.11. The normalized spacial score (nSPS) is 18.1. The quantitative estimate of drug-likeness (QED) is 0.613. The number of hydrogen-bond acceptors (Lipinski definition) is 5. The third-order valence-electron chi connectivity index (χ3n) is 3.30. The number of methoxy groups -OCH3 is 1. The number of carbonyl (C=O) groups excluding carboxylic acids is 1. The maximum atomic E-state index is 11.9. The predicted octanol–water partition coefficient (Wildman–Crippen LogP) is 0.0958. The molecular weight excluding hydrogens is 246 g/mol. The fourth-order valence-corrected chi connectivity index (χ4v) is 2.11. The molecule has 19 heavy (non-hydrogen) atoms. The van der Waals surface area contributed by atoms with E-state index in [1.165, 1.54) is 0 Å². The molecule has 6 nitrogen and oxygen atoms in total. The molecule has 1 fully saturated rings. The molecule has 1 amide bonds. The van der Waals surface area contributed by atoms with Gasteiger partial charge in [-0.05, 0) is 6.42 Å². The van der Waals surface area contributed by atoms with Gasteiger partial charge < -0.3 is 14.4 Å². The molecule has 0 aromatic rings. The van der Waals surface area contributed by atoms with E-state index in [1.807, 2.05) is 6.92 Å². The van der Waals surface area contributed by atoms with Crippen molar-refractivity contribution in [3.63, 3.8) is 0 Å². The van der Waals surface area contributed by atoms with Crippen LogP contribution in [0.1, 0.15) is 13.3 Å². The molecule has 1 unspecified atom stereocenters. The van der Waals surface area contributed by atoms with Crippen molar-refractivity contribution in [1.29, 1.82) is 5.26 Å². The molecule has 1 aliphatic heterocycles. The summed E-state index contributed by atoms with van der Waals surface area (Å²) in [4.78, 5) is 15.8. The number of carbonyl (C=O) groups is 1. The molecule has 1 heterocycles. The monoisotopic (exact) mass is 269 g/mol. The summed E-state index contributed by atoms with van der Waals surface area (Å²) in [6, 6.07) is 2.27. The van der Waals surface area contributed by atoms with Gasteiger partial charge >= 0.3 is 0 Å². The standard InChI is InChI=1S/C13H23N3O3/c1-3-12(10-14)15-4-6-16(7-5-15)13(17)11-19-9-8-18-2/h12H,3-9,11H2,1-2H3. The van der Waals surface area contributed by atoms with Crippen LogP contribution < -0.4 is 0 Å². The topological polar surface area (TPSA) is 65.8 Å². The highest BCUT2D eigenvalue weighted by Gasteiger charge is 2.24. The van der Waals surface area contributed by atoms with Gasteiger partial charge in [0.1, 0.15) is 6.61 Å². The number of ether oxygens (including phenoxy) is 2. The molecule has 0 saturated carbocycles. The second kappa shape index (κ2) is 8.86. The molecule has 6 heteroatoms. The number of amides is 1. The molecule has 0 spiro atoms. The lowest BCUT2D eigenvalue weighted by molar-refractivity contribution is -0.138. The van der Waals surface area contributed by atoms with Gasteiger partial charge in [0.25, 0.3) is 0 Å². The van der Waals surface area contributed by atoms with Crippen molar-refractivity contribution in [2.24, 2.45) is 0 Å². The van der Waals surface area contributed by atoms with Gasteiger partial charge in [-0.15, -0.1) is 0 Å². The van der Waals surface area contributed by atoms with E-state index >= 15 is 0 Å². The Labute approximate surface area is 114 Å². The maximum Gasteiger partial charge on any atom is 0.248 e. The molecule has 0 radical (unpaired) electrons. The van der Waals surface area contributed by atoms with Gasteiger partial charge in [0.15, 0.2) is 0 Å². The minimum absolute atomic E-state index is 0.0146. The molecule has 1 atom stereocenters. The first-order chi connectivity index (χ1) is 9.22. The van der Waals surface area contributed by atoms with Crippen LogP contribution in [0.25, 0.3) is 0 Å². The van der Waals surface area contributed by atoms with Gasteiger partial charge in [-0.2, -0.15) is 5.26 Å². The van der Waals surface area contributed by atoms with E-state index in [4.69, 9.17) is 14.7 Å². The van der Waals surface area contributed by atoms with E-state index < -0.39 is 0 Å². The van der Waals surface area contributed by atoms with E-state index in [0.717, 1.165) is 19.5 Å². The molecule has 1 aliphatic rings. The summed E-state index contributed by atoms with van der Waals surface area (Å²) in [5.74, 6) is 0.0146. The van der Waals surface area contributed by atoms with Crippen LogP contribution in [0.15, 0.2) is 0 Å². The zero-order valence-corrected chi connectivity index (χ0v) is 11.8. The van der Waals surface area contributed by atoms with Gasteiger partial charge in [-0.1, -0.05) is 6.92 Å². The first-order valence-corrected chi connectivity index (χ1v) is 6.71. The van der Waals surface area contributed by atoms with Crippen LogP contribution in [0.4, 0.5) is 0 Å². The molecule has 0 aromatic heterocycles. The molecule has 0 aliphatic carbocycles. The predicted molar refractivity (Wildman–Crippen MR) is 70.5 cm³/mol.